The second-order valence-corrected chi connectivity index (χ2v) is 6.97. The number of hydrogen-bond acceptors (Lipinski definition) is 4. The number of fused-ring (bicyclic) bond motifs is 1. The monoisotopic (exact) mass is 442 g/mol. The summed E-state index contributed by atoms with van der Waals surface area (Å²) >= 11 is 3.52. The van der Waals surface area contributed by atoms with Crippen LogP contribution in [0.1, 0.15) is 23.0 Å². The Morgan fingerprint density at radius 2 is 2.00 bits per heavy atom. The zero-order valence-corrected chi connectivity index (χ0v) is 16.5. The van der Waals surface area contributed by atoms with E-state index in [1.807, 2.05) is 17.8 Å². The average Bonchev–Trinajstić information content (AvgIpc) is 3.30. The second kappa shape index (κ2) is 7.51. The summed E-state index contributed by atoms with van der Waals surface area (Å²) in [5.41, 5.74) is 3.03. The van der Waals surface area contributed by atoms with E-state index in [0.29, 0.717) is 5.65 Å². The van der Waals surface area contributed by atoms with Crippen molar-refractivity contribution in [3.05, 3.63) is 70.3 Å². The lowest BCUT2D eigenvalue weighted by Crippen LogP contribution is -2.23. The molecule has 142 valence electrons. The molecular weight excluding hydrogens is 427 g/mol. The summed E-state index contributed by atoms with van der Waals surface area (Å²) in [6, 6.07) is 9.38. The van der Waals surface area contributed by atoms with Gasteiger partial charge in [-0.2, -0.15) is 10.2 Å². The van der Waals surface area contributed by atoms with Crippen molar-refractivity contribution in [1.29, 1.82) is 0 Å². The highest BCUT2D eigenvalue weighted by Gasteiger charge is 2.17. The smallest absolute Gasteiger partial charge is 0.272 e. The second-order valence-electron chi connectivity index (χ2n) is 6.12. The molecule has 9 heteroatoms. The number of nitrogens with one attached hydrogen (secondary N) is 1. The highest BCUT2D eigenvalue weighted by Crippen LogP contribution is 2.26. The van der Waals surface area contributed by atoms with Gasteiger partial charge in [0.1, 0.15) is 11.5 Å². The highest BCUT2D eigenvalue weighted by molar-refractivity contribution is 9.10. The first-order chi connectivity index (χ1) is 13.5. The topological polar surface area (TPSA) is 77.1 Å². The quantitative estimate of drug-likeness (QED) is 0.513. The molecule has 4 rings (SSSR count). The number of nitrogens with zero attached hydrogens (tertiary/aromatic N) is 5. The summed E-state index contributed by atoms with van der Waals surface area (Å²) in [4.78, 5) is 16.8. The fourth-order valence-corrected chi connectivity index (χ4v) is 3.31. The molecule has 1 aromatic carbocycles. The summed E-state index contributed by atoms with van der Waals surface area (Å²) in [6.07, 6.45) is 3.55. The minimum Gasteiger partial charge on any atom is -0.347 e. The van der Waals surface area contributed by atoms with Gasteiger partial charge in [0.15, 0.2) is 11.3 Å². The molecule has 0 radical (unpaired) electrons. The van der Waals surface area contributed by atoms with Crippen molar-refractivity contribution < 1.29 is 9.18 Å². The molecular formula is C19H16BrFN6O. The summed E-state index contributed by atoms with van der Waals surface area (Å²) in [7, 11) is 0. The molecule has 1 amide bonds. The summed E-state index contributed by atoms with van der Waals surface area (Å²) < 4.78 is 17.2. The molecule has 0 bridgehead atoms. The van der Waals surface area contributed by atoms with Crippen LogP contribution in [0.4, 0.5) is 4.39 Å². The Hall–Kier alpha value is -3.07. The van der Waals surface area contributed by atoms with Gasteiger partial charge in [-0.05, 0) is 46.6 Å². The van der Waals surface area contributed by atoms with Gasteiger partial charge in [-0.25, -0.2) is 13.9 Å². The Bertz CT molecular complexity index is 1150. The molecule has 0 spiro atoms. The molecule has 0 aliphatic rings. The van der Waals surface area contributed by atoms with Gasteiger partial charge >= 0.3 is 0 Å². The standard InChI is InChI=1S/C19H16BrFN6O/c1-2-26-11-14(20)18(25-26)16-7-8-22-17-9-15(24-27(16)17)19(28)23-10-12-3-5-13(21)6-4-12/h3-9,11H,2,10H2,1H3,(H,23,28). The molecule has 0 atom stereocenters. The van der Waals surface area contributed by atoms with Crippen LogP contribution in [-0.4, -0.2) is 30.3 Å². The molecule has 0 fully saturated rings. The van der Waals surface area contributed by atoms with Crippen LogP contribution in [0.3, 0.4) is 0 Å². The van der Waals surface area contributed by atoms with Crippen molar-refractivity contribution in [3.8, 4) is 11.4 Å². The van der Waals surface area contributed by atoms with Crippen LogP contribution in [0.2, 0.25) is 0 Å². The van der Waals surface area contributed by atoms with Crippen molar-refractivity contribution in [3.63, 3.8) is 0 Å². The maximum absolute atomic E-state index is 13.0. The third-order valence-corrected chi connectivity index (χ3v) is 4.82. The Balaban J connectivity index is 1.61. The minimum atomic E-state index is -0.334. The number of rotatable bonds is 5. The number of amides is 1. The summed E-state index contributed by atoms with van der Waals surface area (Å²) in [5, 5.41) is 11.7. The Kier molecular flexibility index (Phi) is 4.91. The van der Waals surface area contributed by atoms with Gasteiger partial charge in [-0.3, -0.25) is 9.48 Å². The molecule has 3 heterocycles. The molecule has 4 aromatic rings. The molecule has 0 aliphatic carbocycles. The third-order valence-electron chi connectivity index (χ3n) is 4.24. The van der Waals surface area contributed by atoms with E-state index in [1.165, 1.54) is 12.1 Å². The predicted molar refractivity (Wildman–Crippen MR) is 105 cm³/mol. The van der Waals surface area contributed by atoms with Gasteiger partial charge in [0.05, 0.1) is 10.2 Å². The van der Waals surface area contributed by atoms with E-state index in [-0.39, 0.29) is 24.0 Å². The van der Waals surface area contributed by atoms with Crippen molar-refractivity contribution in [2.75, 3.05) is 0 Å². The van der Waals surface area contributed by atoms with Crippen molar-refractivity contribution in [2.45, 2.75) is 20.0 Å². The van der Waals surface area contributed by atoms with Crippen molar-refractivity contribution in [2.24, 2.45) is 0 Å². The van der Waals surface area contributed by atoms with Crippen LogP contribution in [0, 0.1) is 5.82 Å². The van der Waals surface area contributed by atoms with E-state index < -0.39 is 0 Å². The number of benzene rings is 1. The van der Waals surface area contributed by atoms with Gasteiger partial charge in [-0.1, -0.05) is 12.1 Å². The number of halogens is 2. The Morgan fingerprint density at radius 3 is 2.71 bits per heavy atom. The fourth-order valence-electron chi connectivity index (χ4n) is 2.79. The van der Waals surface area contributed by atoms with Gasteiger partial charge in [0, 0.05) is 31.5 Å². The van der Waals surface area contributed by atoms with Gasteiger partial charge < -0.3 is 5.32 Å². The summed E-state index contributed by atoms with van der Waals surface area (Å²) in [6.45, 7) is 3.02. The van der Waals surface area contributed by atoms with E-state index in [4.69, 9.17) is 0 Å². The molecule has 7 nitrogen and oxygen atoms in total. The average molecular weight is 443 g/mol. The fraction of sp³-hybridized carbons (Fsp3) is 0.158. The van der Waals surface area contributed by atoms with E-state index in [1.54, 1.807) is 35.0 Å². The van der Waals surface area contributed by atoms with Gasteiger partial charge in [-0.15, -0.1) is 0 Å². The van der Waals surface area contributed by atoms with Crippen LogP contribution < -0.4 is 5.32 Å². The molecule has 0 unspecified atom stereocenters. The number of carbonyl (C=O) groups excluding carboxylic acids is 1. The van der Waals surface area contributed by atoms with Crippen LogP contribution in [-0.2, 0) is 13.1 Å². The number of aryl methyl sites for hydroxylation is 1. The van der Waals surface area contributed by atoms with Gasteiger partial charge in [0.2, 0.25) is 0 Å². The molecule has 1 N–H and O–H groups in total. The van der Waals surface area contributed by atoms with Gasteiger partial charge in [0.25, 0.3) is 5.91 Å². The Labute approximate surface area is 168 Å². The number of hydrogen-bond donors (Lipinski definition) is 1. The maximum Gasteiger partial charge on any atom is 0.272 e. The van der Waals surface area contributed by atoms with Crippen LogP contribution in [0.15, 0.2) is 53.3 Å². The molecule has 0 saturated carbocycles. The molecule has 3 aromatic heterocycles. The lowest BCUT2D eigenvalue weighted by atomic mass is 10.2. The summed E-state index contributed by atoms with van der Waals surface area (Å²) in [5.74, 6) is -0.648. The molecule has 0 aliphatic heterocycles. The van der Waals surface area contributed by atoms with Crippen molar-refractivity contribution in [1.82, 2.24) is 29.7 Å². The number of aromatic nitrogens is 5. The lowest BCUT2D eigenvalue weighted by Gasteiger charge is -2.03. The first kappa shape index (κ1) is 18.3. The zero-order chi connectivity index (χ0) is 19.7. The SMILES string of the molecule is CCn1cc(Br)c(-c2ccnc3cc(C(=O)NCc4ccc(F)cc4)nn23)n1. The largest absolute Gasteiger partial charge is 0.347 e. The normalized spacial score (nSPS) is 11.1. The first-order valence-electron chi connectivity index (χ1n) is 8.66. The van der Waals surface area contributed by atoms with Crippen LogP contribution in [0.5, 0.6) is 0 Å². The predicted octanol–water partition coefficient (Wildman–Crippen LogP) is 3.44. The van der Waals surface area contributed by atoms with E-state index in [9.17, 15) is 9.18 Å². The van der Waals surface area contributed by atoms with Crippen LogP contribution >= 0.6 is 15.9 Å². The van der Waals surface area contributed by atoms with E-state index >= 15 is 0 Å². The zero-order valence-electron chi connectivity index (χ0n) is 14.9. The molecule has 0 saturated heterocycles. The van der Waals surface area contributed by atoms with E-state index in [2.05, 4.69) is 36.4 Å². The minimum absolute atomic E-state index is 0.244. The number of carbonyl (C=O) groups is 1. The molecule has 28 heavy (non-hydrogen) atoms. The maximum atomic E-state index is 13.0. The lowest BCUT2D eigenvalue weighted by molar-refractivity contribution is 0.0945. The Morgan fingerprint density at radius 1 is 1.21 bits per heavy atom. The highest BCUT2D eigenvalue weighted by atomic mass is 79.9. The van der Waals surface area contributed by atoms with E-state index in [0.717, 1.165) is 28.0 Å². The third kappa shape index (κ3) is 3.53. The van der Waals surface area contributed by atoms with Crippen LogP contribution in [0.25, 0.3) is 17.0 Å². The first-order valence-corrected chi connectivity index (χ1v) is 9.45. The van der Waals surface area contributed by atoms with Crippen molar-refractivity contribution >= 4 is 27.5 Å².